The molecule has 0 spiro atoms. The molecule has 0 bridgehead atoms. The van der Waals surface area contributed by atoms with Crippen molar-refractivity contribution in [3.05, 3.63) is 41.3 Å². The average molecular weight is 178 g/mol. The lowest BCUT2D eigenvalue weighted by molar-refractivity contribution is 0.556. The van der Waals surface area contributed by atoms with Gasteiger partial charge < -0.3 is 0 Å². The van der Waals surface area contributed by atoms with Gasteiger partial charge in [0.15, 0.2) is 0 Å². The maximum absolute atomic E-state index is 13.3. The quantitative estimate of drug-likeness (QED) is 0.648. The number of halogens is 2. The second-order valence-electron chi connectivity index (χ2n) is 3.01. The molecular formula is C10H6F2N. The van der Waals surface area contributed by atoms with Gasteiger partial charge in [-0.05, 0) is 30.9 Å². The van der Waals surface area contributed by atoms with Crippen LogP contribution in [-0.4, -0.2) is 0 Å². The van der Waals surface area contributed by atoms with E-state index in [4.69, 9.17) is 5.26 Å². The van der Waals surface area contributed by atoms with Gasteiger partial charge in [-0.15, -0.1) is 0 Å². The first kappa shape index (κ1) is 8.18. The SMILES string of the molecule is N#Cc1ccc(F)c(C2[CH]C2)c1F. The fourth-order valence-electron chi connectivity index (χ4n) is 1.30. The summed E-state index contributed by atoms with van der Waals surface area (Å²) in [6, 6.07) is 4.00. The van der Waals surface area contributed by atoms with Crippen molar-refractivity contribution in [3.63, 3.8) is 0 Å². The van der Waals surface area contributed by atoms with Crippen LogP contribution >= 0.6 is 0 Å². The van der Waals surface area contributed by atoms with Crippen molar-refractivity contribution in [2.45, 2.75) is 12.3 Å². The number of hydrogen-bond donors (Lipinski definition) is 0. The zero-order valence-electron chi connectivity index (χ0n) is 6.72. The van der Waals surface area contributed by atoms with E-state index in [0.717, 1.165) is 12.1 Å². The number of hydrogen-bond acceptors (Lipinski definition) is 1. The molecule has 1 aliphatic carbocycles. The molecule has 0 amide bonds. The van der Waals surface area contributed by atoms with Crippen molar-refractivity contribution in [1.29, 1.82) is 5.26 Å². The number of rotatable bonds is 1. The highest BCUT2D eigenvalue weighted by atomic mass is 19.1. The first-order chi connectivity index (χ1) is 6.24. The maximum Gasteiger partial charge on any atom is 0.147 e. The maximum atomic E-state index is 13.3. The third-order valence-corrected chi connectivity index (χ3v) is 2.09. The molecule has 1 aliphatic rings. The summed E-state index contributed by atoms with van der Waals surface area (Å²) in [5, 5.41) is 8.51. The third kappa shape index (κ3) is 1.29. The first-order valence-corrected chi connectivity index (χ1v) is 3.95. The van der Waals surface area contributed by atoms with Crippen LogP contribution in [0, 0.1) is 29.4 Å². The predicted octanol–water partition coefficient (Wildman–Crippen LogP) is 2.53. The van der Waals surface area contributed by atoms with Crippen LogP contribution in [0.5, 0.6) is 0 Å². The monoisotopic (exact) mass is 178 g/mol. The van der Waals surface area contributed by atoms with Crippen LogP contribution in [0.25, 0.3) is 0 Å². The van der Waals surface area contributed by atoms with Gasteiger partial charge in [0.25, 0.3) is 0 Å². The Morgan fingerprint density at radius 1 is 1.38 bits per heavy atom. The molecular weight excluding hydrogens is 172 g/mol. The van der Waals surface area contributed by atoms with E-state index < -0.39 is 11.6 Å². The summed E-state index contributed by atoms with van der Waals surface area (Å²) in [4.78, 5) is 0. The van der Waals surface area contributed by atoms with Gasteiger partial charge in [0, 0.05) is 5.56 Å². The molecule has 1 aromatic rings. The number of nitrogens with zero attached hydrogens (tertiary/aromatic N) is 1. The predicted molar refractivity (Wildman–Crippen MR) is 42.7 cm³/mol. The molecule has 0 aromatic heterocycles. The lowest BCUT2D eigenvalue weighted by atomic mass is 10.1. The highest BCUT2D eigenvalue weighted by Gasteiger charge is 2.31. The zero-order valence-corrected chi connectivity index (χ0v) is 6.72. The van der Waals surface area contributed by atoms with Gasteiger partial charge in [0.2, 0.25) is 0 Å². The summed E-state index contributed by atoms with van der Waals surface area (Å²) in [6.45, 7) is 0. The lowest BCUT2D eigenvalue weighted by Crippen LogP contribution is -1.96. The molecule has 0 saturated heterocycles. The van der Waals surface area contributed by atoms with E-state index in [2.05, 4.69) is 0 Å². The van der Waals surface area contributed by atoms with Crippen molar-refractivity contribution in [2.24, 2.45) is 0 Å². The second kappa shape index (κ2) is 2.81. The fraction of sp³-hybridized carbons (Fsp3) is 0.200. The Kier molecular flexibility index (Phi) is 1.77. The molecule has 1 radical (unpaired) electrons. The van der Waals surface area contributed by atoms with Crippen molar-refractivity contribution in [3.8, 4) is 6.07 Å². The van der Waals surface area contributed by atoms with Crippen LogP contribution in [-0.2, 0) is 0 Å². The van der Waals surface area contributed by atoms with E-state index >= 15 is 0 Å². The van der Waals surface area contributed by atoms with E-state index in [1.807, 2.05) is 6.42 Å². The summed E-state index contributed by atoms with van der Waals surface area (Å²) in [5.74, 6) is -1.40. The molecule has 65 valence electrons. The van der Waals surface area contributed by atoms with Crippen LogP contribution < -0.4 is 0 Å². The largest absolute Gasteiger partial charge is 0.207 e. The lowest BCUT2D eigenvalue weighted by Gasteiger charge is -2.03. The fourth-order valence-corrected chi connectivity index (χ4v) is 1.30. The van der Waals surface area contributed by atoms with E-state index in [-0.39, 0.29) is 17.0 Å². The molecule has 0 aliphatic heterocycles. The molecule has 1 unspecified atom stereocenters. The standard InChI is InChI=1S/C10H6F2N/c11-8-4-3-7(5-13)10(12)9(8)6-1-2-6/h1,3-4,6H,2H2. The third-order valence-electron chi connectivity index (χ3n) is 2.09. The van der Waals surface area contributed by atoms with Crippen LogP contribution in [0.1, 0.15) is 23.5 Å². The molecule has 0 N–H and O–H groups in total. The van der Waals surface area contributed by atoms with Gasteiger partial charge in [-0.2, -0.15) is 5.26 Å². The first-order valence-electron chi connectivity index (χ1n) is 3.95. The van der Waals surface area contributed by atoms with Gasteiger partial charge in [-0.1, -0.05) is 0 Å². The van der Waals surface area contributed by atoms with E-state index in [1.54, 1.807) is 6.07 Å². The van der Waals surface area contributed by atoms with Crippen molar-refractivity contribution < 1.29 is 8.78 Å². The highest BCUT2D eigenvalue weighted by molar-refractivity contribution is 5.41. The Morgan fingerprint density at radius 3 is 2.62 bits per heavy atom. The zero-order chi connectivity index (χ0) is 9.42. The van der Waals surface area contributed by atoms with Gasteiger partial charge in [-0.25, -0.2) is 8.78 Å². The number of benzene rings is 1. The van der Waals surface area contributed by atoms with Gasteiger partial charge >= 0.3 is 0 Å². The molecule has 3 heteroatoms. The van der Waals surface area contributed by atoms with Crippen LogP contribution in [0.3, 0.4) is 0 Å². The van der Waals surface area contributed by atoms with Gasteiger partial charge in [0.1, 0.15) is 17.7 Å². The van der Waals surface area contributed by atoms with E-state index in [0.29, 0.717) is 6.42 Å². The Bertz CT molecular complexity index is 389. The van der Waals surface area contributed by atoms with Crippen LogP contribution in [0.2, 0.25) is 0 Å². The molecule has 1 atom stereocenters. The minimum atomic E-state index is -0.707. The summed E-state index contributed by atoms with van der Waals surface area (Å²) < 4.78 is 26.4. The van der Waals surface area contributed by atoms with Crippen molar-refractivity contribution >= 4 is 0 Å². The molecule has 2 rings (SSSR count). The van der Waals surface area contributed by atoms with Crippen molar-refractivity contribution in [1.82, 2.24) is 0 Å². The summed E-state index contributed by atoms with van der Waals surface area (Å²) in [6.07, 6.45) is 2.51. The van der Waals surface area contributed by atoms with Crippen LogP contribution in [0.15, 0.2) is 12.1 Å². The summed E-state index contributed by atoms with van der Waals surface area (Å²) in [7, 11) is 0. The van der Waals surface area contributed by atoms with Crippen LogP contribution in [0.4, 0.5) is 8.78 Å². The van der Waals surface area contributed by atoms with Crippen molar-refractivity contribution in [2.75, 3.05) is 0 Å². The second-order valence-corrected chi connectivity index (χ2v) is 3.01. The Labute approximate surface area is 74.6 Å². The number of nitriles is 1. The van der Waals surface area contributed by atoms with E-state index in [9.17, 15) is 8.78 Å². The molecule has 1 saturated carbocycles. The molecule has 0 heterocycles. The Hall–Kier alpha value is -1.43. The normalized spacial score (nSPS) is 15.5. The minimum absolute atomic E-state index is 0.0408. The average Bonchev–Trinajstić information content (AvgIpc) is 2.89. The minimum Gasteiger partial charge on any atom is -0.207 e. The molecule has 13 heavy (non-hydrogen) atoms. The highest BCUT2D eigenvalue weighted by Crippen LogP contribution is 2.41. The molecule has 1 aromatic carbocycles. The Morgan fingerprint density at radius 2 is 2.08 bits per heavy atom. The molecule has 1 nitrogen and oxygen atoms in total. The van der Waals surface area contributed by atoms with Gasteiger partial charge in [-0.3, -0.25) is 0 Å². The van der Waals surface area contributed by atoms with Gasteiger partial charge in [0.05, 0.1) is 5.56 Å². The molecule has 1 fully saturated rings. The smallest absolute Gasteiger partial charge is 0.147 e. The Balaban J connectivity index is 2.58. The van der Waals surface area contributed by atoms with E-state index in [1.165, 1.54) is 0 Å². The summed E-state index contributed by atoms with van der Waals surface area (Å²) in [5.41, 5.74) is -0.0456. The summed E-state index contributed by atoms with van der Waals surface area (Å²) >= 11 is 0. The topological polar surface area (TPSA) is 23.8 Å².